The number of carbonyl (C=O) groups is 2. The topological polar surface area (TPSA) is 291 Å². The number of benzene rings is 2. The molecule has 10 rings (SSSR count). The van der Waals surface area contributed by atoms with E-state index in [4.69, 9.17) is 0 Å². The van der Waals surface area contributed by atoms with Gasteiger partial charge in [0.05, 0.1) is 22.1 Å². The van der Waals surface area contributed by atoms with Crippen LogP contribution >= 0.6 is 0 Å². The van der Waals surface area contributed by atoms with Crippen molar-refractivity contribution in [1.82, 2.24) is 19.9 Å². The van der Waals surface area contributed by atoms with Crippen LogP contribution in [0.4, 0.5) is 0 Å². The molecule has 2 aromatic carbocycles. The van der Waals surface area contributed by atoms with Crippen LogP contribution in [0.2, 0.25) is 0 Å². The Labute approximate surface area is 297 Å². The number of carbonyl (C=O) groups excluding carboxylic acids is 2. The van der Waals surface area contributed by atoms with Crippen LogP contribution in [0.1, 0.15) is 38.5 Å². The number of aromatic nitrogens is 4. The Kier molecular flexibility index (Phi) is 15.0. The maximum absolute atomic E-state index is 11.3. The normalized spacial score (nSPS) is 21.8. The van der Waals surface area contributed by atoms with Crippen LogP contribution < -0.4 is 10.2 Å². The van der Waals surface area contributed by atoms with E-state index in [2.05, 4.69) is 68.5 Å². The van der Waals surface area contributed by atoms with Crippen molar-refractivity contribution >= 4 is 55.6 Å². The fourth-order valence-corrected chi connectivity index (χ4v) is 8.10. The van der Waals surface area contributed by atoms with Crippen molar-refractivity contribution in [3.63, 3.8) is 0 Å². The first-order chi connectivity index (χ1) is 21.4. The van der Waals surface area contributed by atoms with Crippen molar-refractivity contribution in [1.29, 1.82) is 0 Å². The van der Waals surface area contributed by atoms with E-state index in [0.29, 0.717) is 25.7 Å². The summed E-state index contributed by atoms with van der Waals surface area (Å²) in [5, 5.41) is 27.1. The van der Waals surface area contributed by atoms with Gasteiger partial charge in [0.1, 0.15) is 0 Å². The van der Waals surface area contributed by atoms with Crippen molar-refractivity contribution in [2.24, 2.45) is 22.7 Å². The molecular weight excluding hydrogens is 691 g/mol. The van der Waals surface area contributed by atoms with Gasteiger partial charge in [0, 0.05) is 69.1 Å². The van der Waals surface area contributed by atoms with Crippen LogP contribution in [0, 0.1) is 22.7 Å². The van der Waals surface area contributed by atoms with Gasteiger partial charge in [-0.25, -0.2) is 0 Å². The molecule has 4 aliphatic carbocycles. The van der Waals surface area contributed by atoms with Gasteiger partial charge in [0.2, 0.25) is 0 Å². The van der Waals surface area contributed by atoms with E-state index < -0.39 is 22.8 Å². The molecule has 4 aliphatic rings. The average Bonchev–Trinajstić information content (AvgIpc) is 3.04. The third-order valence-corrected chi connectivity index (χ3v) is 9.62. The Balaban J connectivity index is 0.000000355. The molecule has 0 aliphatic heterocycles. The number of carboxylic acids is 2. The average molecular weight is 733 g/mol. The number of carboxylic acid groups (broad SMARTS) is 2. The second-order valence-electron chi connectivity index (χ2n) is 12.5. The molecule has 4 bridgehead atoms. The van der Waals surface area contributed by atoms with E-state index in [1.54, 1.807) is 24.8 Å². The monoisotopic (exact) mass is 732 g/mol. The van der Waals surface area contributed by atoms with Crippen LogP contribution in [-0.4, -0.2) is 53.8 Å². The summed E-state index contributed by atoms with van der Waals surface area (Å²) in [5.74, 6) is -1.60. The minimum Gasteiger partial charge on any atom is -0.550 e. The summed E-state index contributed by atoms with van der Waals surface area (Å²) < 4.78 is 0. The van der Waals surface area contributed by atoms with E-state index in [0.717, 1.165) is 50.0 Å². The first-order valence-corrected chi connectivity index (χ1v) is 15.0. The summed E-state index contributed by atoms with van der Waals surface area (Å²) in [4.78, 5) is 40.0. The number of hydrogen-bond donors (Lipinski definition) is 0. The number of hydrogen-bond acceptors (Lipinski definition) is 8. The fraction of sp³-hybridized carbons (Fsp3) is 0.278. The van der Waals surface area contributed by atoms with Gasteiger partial charge in [-0.05, 0) is 74.6 Å². The minimum absolute atomic E-state index is 0. The summed E-state index contributed by atoms with van der Waals surface area (Å²) in [7, 11) is 0. The predicted molar refractivity (Wildman–Crippen MR) is 183 cm³/mol. The Bertz CT molecular complexity index is 1800. The molecule has 6 aromatic rings. The molecule has 0 saturated heterocycles. The maximum atomic E-state index is 11.3. The molecule has 4 saturated carbocycles. The third kappa shape index (κ3) is 7.87. The molecule has 13 nitrogen and oxygen atoms in total. The van der Waals surface area contributed by atoms with Gasteiger partial charge in [0.25, 0.3) is 0 Å². The van der Waals surface area contributed by atoms with Crippen LogP contribution in [0.15, 0.2) is 97.6 Å². The van der Waals surface area contributed by atoms with Crippen LogP contribution in [0.25, 0.3) is 43.6 Å². The summed E-state index contributed by atoms with van der Waals surface area (Å²) in [5.41, 5.74) is 2.17. The van der Waals surface area contributed by atoms with Crippen LogP contribution in [-0.2, 0) is 31.8 Å². The Morgan fingerprint density at radius 1 is 0.520 bits per heavy atom. The van der Waals surface area contributed by atoms with Gasteiger partial charge in [-0.2, -0.15) is 0 Å². The molecule has 1 radical (unpaired) electrons. The second-order valence-corrected chi connectivity index (χ2v) is 12.5. The third-order valence-electron chi connectivity index (χ3n) is 9.62. The summed E-state index contributed by atoms with van der Waals surface area (Å²) in [6, 6.07) is 24.3. The van der Waals surface area contributed by atoms with Crippen molar-refractivity contribution in [3.8, 4) is 0 Å². The maximum Gasteiger partial charge on any atom is 2.00 e. The molecule has 4 aromatic heterocycles. The predicted octanol–water partition coefficient (Wildman–Crippen LogP) is 0.416. The fourth-order valence-electron chi connectivity index (χ4n) is 8.10. The zero-order chi connectivity index (χ0) is 30.3. The van der Waals surface area contributed by atoms with Gasteiger partial charge in [0.15, 0.2) is 0 Å². The number of nitrogens with zero attached hydrogens (tertiary/aromatic N) is 4. The zero-order valence-corrected chi connectivity index (χ0v) is 28.0. The van der Waals surface area contributed by atoms with Gasteiger partial charge < -0.3 is 47.2 Å². The van der Waals surface area contributed by atoms with Crippen molar-refractivity contribution in [2.45, 2.75) is 38.5 Å². The Morgan fingerprint density at radius 2 is 0.780 bits per heavy atom. The van der Waals surface area contributed by atoms with E-state index in [-0.39, 0.29) is 62.4 Å². The summed E-state index contributed by atoms with van der Waals surface area (Å²) in [6.45, 7) is 0. The van der Waals surface area contributed by atoms with Crippen LogP contribution in [0.3, 0.4) is 0 Å². The molecule has 0 unspecified atom stereocenters. The van der Waals surface area contributed by atoms with Crippen molar-refractivity contribution < 1.29 is 64.0 Å². The van der Waals surface area contributed by atoms with Gasteiger partial charge in [-0.15, -0.1) is 0 Å². The van der Waals surface area contributed by atoms with E-state index in [1.165, 1.54) is 0 Å². The number of pyridine rings is 4. The van der Waals surface area contributed by atoms with Crippen LogP contribution in [0.5, 0.6) is 0 Å². The van der Waals surface area contributed by atoms with Gasteiger partial charge in [-0.1, -0.05) is 48.5 Å². The second kappa shape index (κ2) is 17.3. The summed E-state index contributed by atoms with van der Waals surface area (Å²) >= 11 is 0. The molecule has 4 fully saturated rings. The number of rotatable bonds is 2. The zero-order valence-electron chi connectivity index (χ0n) is 27.0. The Morgan fingerprint density at radius 3 is 1.02 bits per heavy atom. The quantitative estimate of drug-likeness (QED) is 0.177. The Hall–Kier alpha value is -4.67. The van der Waals surface area contributed by atoms with Gasteiger partial charge in [-0.3, -0.25) is 19.9 Å². The SMILES string of the molecule is O.O.O.O.O=C([O-])C12CC3CC(C1)CC(C(=O)[O-])(C3)C2.[Co+2].[OH3+].c1cnc2c(c1)ccc1cccnc12.c1cnc2c(c1)ccc1cccnc12. The molecule has 50 heavy (non-hydrogen) atoms. The smallest absolute Gasteiger partial charge is 0.550 e. The molecule has 267 valence electrons. The number of fused-ring (bicyclic) bond motifs is 6. The first kappa shape index (κ1) is 43.3. The minimum atomic E-state index is -1.05. The molecule has 14 heteroatoms. The van der Waals surface area contributed by atoms with Crippen molar-refractivity contribution in [2.75, 3.05) is 0 Å². The van der Waals surface area contributed by atoms with E-state index in [9.17, 15) is 19.8 Å². The molecular formula is C36H41CoN4O9+. The molecule has 0 atom stereocenters. The summed E-state index contributed by atoms with van der Waals surface area (Å²) in [6.07, 6.45) is 10.9. The standard InChI is InChI=1S/2C12H8N2.C12H16O4.Co.5H2O/c2*1-3-9-5-6-10-4-2-8-14-12(10)11(9)13-7-1;13-9(14)11-2-7-1-8(4-11)5-12(3-7,6-11)10(15)16;;;;;;/h2*1-8H;7-8H,1-6H2,(H,13,14)(H,15,16);;5*1H2/q;;;+2;;;;;/p-1. The van der Waals surface area contributed by atoms with E-state index >= 15 is 0 Å². The molecule has 0 spiro atoms. The largest absolute Gasteiger partial charge is 2.00 e. The molecule has 0 amide bonds. The first-order valence-electron chi connectivity index (χ1n) is 15.0. The van der Waals surface area contributed by atoms with Gasteiger partial charge >= 0.3 is 16.8 Å². The van der Waals surface area contributed by atoms with Crippen molar-refractivity contribution in [3.05, 3.63) is 97.6 Å². The molecule has 4 heterocycles. The van der Waals surface area contributed by atoms with E-state index in [1.807, 2.05) is 24.3 Å². The number of aliphatic carboxylic acids is 2. The molecule has 11 N–H and O–H groups in total.